The van der Waals surface area contributed by atoms with Crippen LogP contribution in [0.25, 0.3) is 0 Å². The van der Waals surface area contributed by atoms with Crippen LogP contribution in [0.2, 0.25) is 0 Å². The second-order valence-electron chi connectivity index (χ2n) is 6.29. The molecule has 1 saturated heterocycles. The van der Waals surface area contributed by atoms with E-state index in [4.69, 9.17) is 9.52 Å². The minimum atomic E-state index is -1.16. The van der Waals surface area contributed by atoms with Crippen molar-refractivity contribution in [3.8, 4) is 0 Å². The van der Waals surface area contributed by atoms with Crippen LogP contribution < -0.4 is 0 Å². The maximum Gasteiger partial charge on any atom is 0.358 e. The molecule has 2 atom stereocenters. The van der Waals surface area contributed by atoms with Gasteiger partial charge in [0.15, 0.2) is 5.69 Å². The first-order valence-electron chi connectivity index (χ1n) is 7.93. The third-order valence-electron chi connectivity index (χ3n) is 4.33. The predicted octanol–water partition coefficient (Wildman–Crippen LogP) is 1.88. The number of likely N-dealkylation sites (tertiary alicyclic amines) is 1. The van der Waals surface area contributed by atoms with Gasteiger partial charge in [-0.05, 0) is 37.8 Å². The number of carboxylic acids is 1. The van der Waals surface area contributed by atoms with Gasteiger partial charge in [0.05, 0.1) is 12.2 Å². The molecule has 1 N–H and O–H groups in total. The van der Waals surface area contributed by atoms with Gasteiger partial charge >= 0.3 is 5.97 Å². The standard InChI is InChI=1S/C16H20N4O4/c1-10-5-6-20(13(7-10)14-4-3-11(2)24-14)15(21)9-19-8-12(16(22)23)17-18-19/h3-4,8,10,13H,5-7,9H2,1-2H3,(H,22,23). The maximum atomic E-state index is 12.7. The Kier molecular flexibility index (Phi) is 4.37. The highest BCUT2D eigenvalue weighted by atomic mass is 16.4. The molecule has 0 aliphatic carbocycles. The molecule has 3 heterocycles. The summed E-state index contributed by atoms with van der Waals surface area (Å²) in [5.41, 5.74) is -0.173. The summed E-state index contributed by atoms with van der Waals surface area (Å²) in [5, 5.41) is 16.1. The number of aryl methyl sites for hydroxylation is 1. The highest BCUT2D eigenvalue weighted by Crippen LogP contribution is 2.35. The number of piperidine rings is 1. The van der Waals surface area contributed by atoms with Crippen LogP contribution in [0.3, 0.4) is 0 Å². The number of nitrogens with zero attached hydrogens (tertiary/aromatic N) is 4. The summed E-state index contributed by atoms with van der Waals surface area (Å²) in [6.45, 7) is 4.65. The molecule has 0 spiro atoms. The normalized spacial score (nSPS) is 21.0. The van der Waals surface area contributed by atoms with Gasteiger partial charge in [-0.1, -0.05) is 12.1 Å². The van der Waals surface area contributed by atoms with E-state index < -0.39 is 5.97 Å². The van der Waals surface area contributed by atoms with Gasteiger partial charge in [-0.25, -0.2) is 9.48 Å². The Labute approximate surface area is 139 Å². The second kappa shape index (κ2) is 6.46. The Morgan fingerprint density at radius 1 is 1.42 bits per heavy atom. The Hall–Kier alpha value is -2.64. The molecular formula is C16H20N4O4. The Morgan fingerprint density at radius 2 is 2.21 bits per heavy atom. The summed E-state index contributed by atoms with van der Waals surface area (Å²) in [6.07, 6.45) is 3.04. The van der Waals surface area contributed by atoms with E-state index in [1.807, 2.05) is 19.1 Å². The zero-order chi connectivity index (χ0) is 17.3. The Morgan fingerprint density at radius 3 is 2.83 bits per heavy atom. The summed E-state index contributed by atoms with van der Waals surface area (Å²) < 4.78 is 6.99. The van der Waals surface area contributed by atoms with Crippen molar-refractivity contribution in [1.29, 1.82) is 0 Å². The molecule has 1 aliphatic rings. The fraction of sp³-hybridized carbons (Fsp3) is 0.500. The number of rotatable bonds is 4. The number of carbonyl (C=O) groups is 2. The van der Waals surface area contributed by atoms with Crippen LogP contribution in [0, 0.1) is 12.8 Å². The summed E-state index contributed by atoms with van der Waals surface area (Å²) in [7, 11) is 0. The van der Waals surface area contributed by atoms with Gasteiger partial charge < -0.3 is 14.4 Å². The number of carbonyl (C=O) groups excluding carboxylic acids is 1. The number of hydrogen-bond donors (Lipinski definition) is 1. The molecule has 8 heteroatoms. The molecule has 0 radical (unpaired) electrons. The average molecular weight is 332 g/mol. The molecule has 0 bridgehead atoms. The number of carboxylic acid groups (broad SMARTS) is 1. The zero-order valence-corrected chi connectivity index (χ0v) is 13.7. The third kappa shape index (κ3) is 3.32. The number of aromatic carboxylic acids is 1. The molecule has 1 fully saturated rings. The molecule has 8 nitrogen and oxygen atoms in total. The van der Waals surface area contributed by atoms with E-state index in [-0.39, 0.29) is 24.2 Å². The van der Waals surface area contributed by atoms with Crippen molar-refractivity contribution < 1.29 is 19.1 Å². The molecule has 1 aliphatic heterocycles. The van der Waals surface area contributed by atoms with Gasteiger partial charge in [0, 0.05) is 6.54 Å². The molecule has 0 saturated carbocycles. The van der Waals surface area contributed by atoms with Crippen LogP contribution in [0.1, 0.15) is 47.8 Å². The van der Waals surface area contributed by atoms with Crippen molar-refractivity contribution in [3.63, 3.8) is 0 Å². The molecule has 24 heavy (non-hydrogen) atoms. The van der Waals surface area contributed by atoms with Gasteiger partial charge in [-0.15, -0.1) is 5.10 Å². The minimum absolute atomic E-state index is 0.0369. The first kappa shape index (κ1) is 16.2. The van der Waals surface area contributed by atoms with E-state index in [2.05, 4.69) is 17.2 Å². The maximum absolute atomic E-state index is 12.7. The van der Waals surface area contributed by atoms with Crippen molar-refractivity contribution >= 4 is 11.9 Å². The van der Waals surface area contributed by atoms with Gasteiger partial charge in [-0.3, -0.25) is 4.79 Å². The van der Waals surface area contributed by atoms with Gasteiger partial charge in [0.2, 0.25) is 5.91 Å². The van der Waals surface area contributed by atoms with E-state index in [0.717, 1.165) is 24.4 Å². The van der Waals surface area contributed by atoms with E-state index in [0.29, 0.717) is 12.5 Å². The molecule has 3 rings (SSSR count). The number of aromatic nitrogens is 3. The van der Waals surface area contributed by atoms with Gasteiger partial charge in [0.1, 0.15) is 18.1 Å². The lowest BCUT2D eigenvalue weighted by molar-refractivity contribution is -0.137. The van der Waals surface area contributed by atoms with Crippen molar-refractivity contribution in [2.75, 3.05) is 6.54 Å². The van der Waals surface area contributed by atoms with Crippen molar-refractivity contribution in [1.82, 2.24) is 19.9 Å². The fourth-order valence-electron chi connectivity index (χ4n) is 3.05. The van der Waals surface area contributed by atoms with Crippen LogP contribution in [-0.4, -0.2) is 43.4 Å². The molecule has 2 aromatic heterocycles. The van der Waals surface area contributed by atoms with Gasteiger partial charge in [-0.2, -0.15) is 0 Å². The summed E-state index contributed by atoms with van der Waals surface area (Å²) in [4.78, 5) is 25.3. The molecule has 1 amide bonds. The Balaban J connectivity index is 1.76. The summed E-state index contributed by atoms with van der Waals surface area (Å²) in [6, 6.07) is 3.71. The predicted molar refractivity (Wildman–Crippen MR) is 83.3 cm³/mol. The van der Waals surface area contributed by atoms with Crippen LogP contribution in [0.4, 0.5) is 0 Å². The van der Waals surface area contributed by atoms with Crippen molar-refractivity contribution in [2.24, 2.45) is 5.92 Å². The number of amides is 1. The highest BCUT2D eigenvalue weighted by Gasteiger charge is 2.33. The van der Waals surface area contributed by atoms with E-state index in [1.165, 1.54) is 10.9 Å². The van der Waals surface area contributed by atoms with Crippen LogP contribution >= 0.6 is 0 Å². The third-order valence-corrected chi connectivity index (χ3v) is 4.33. The molecule has 2 aromatic rings. The van der Waals surface area contributed by atoms with Crippen LogP contribution in [0.15, 0.2) is 22.7 Å². The summed E-state index contributed by atoms with van der Waals surface area (Å²) in [5.74, 6) is 0.830. The van der Waals surface area contributed by atoms with Crippen molar-refractivity contribution in [2.45, 2.75) is 39.3 Å². The average Bonchev–Trinajstić information content (AvgIpc) is 3.16. The SMILES string of the molecule is Cc1ccc(C2CC(C)CCN2C(=O)Cn2cc(C(=O)O)nn2)o1. The largest absolute Gasteiger partial charge is 0.476 e. The molecule has 128 valence electrons. The smallest absolute Gasteiger partial charge is 0.358 e. The lowest BCUT2D eigenvalue weighted by atomic mass is 9.91. The number of hydrogen-bond acceptors (Lipinski definition) is 5. The minimum Gasteiger partial charge on any atom is -0.476 e. The zero-order valence-electron chi connectivity index (χ0n) is 13.7. The quantitative estimate of drug-likeness (QED) is 0.917. The van der Waals surface area contributed by atoms with E-state index >= 15 is 0 Å². The summed E-state index contributed by atoms with van der Waals surface area (Å²) >= 11 is 0. The first-order chi connectivity index (χ1) is 11.4. The first-order valence-corrected chi connectivity index (χ1v) is 7.93. The fourth-order valence-corrected chi connectivity index (χ4v) is 3.05. The monoisotopic (exact) mass is 332 g/mol. The lowest BCUT2D eigenvalue weighted by Gasteiger charge is -2.37. The lowest BCUT2D eigenvalue weighted by Crippen LogP contribution is -2.42. The topological polar surface area (TPSA) is 101 Å². The van der Waals surface area contributed by atoms with E-state index in [9.17, 15) is 9.59 Å². The number of furan rings is 1. The molecular weight excluding hydrogens is 312 g/mol. The van der Waals surface area contributed by atoms with Gasteiger partial charge in [0.25, 0.3) is 0 Å². The molecule has 2 unspecified atom stereocenters. The Bertz CT molecular complexity index is 751. The van der Waals surface area contributed by atoms with Crippen molar-refractivity contribution in [3.05, 3.63) is 35.5 Å². The highest BCUT2D eigenvalue weighted by molar-refractivity contribution is 5.84. The van der Waals surface area contributed by atoms with E-state index in [1.54, 1.807) is 4.90 Å². The second-order valence-corrected chi connectivity index (χ2v) is 6.29. The van der Waals surface area contributed by atoms with Crippen LogP contribution in [-0.2, 0) is 11.3 Å². The molecule has 0 aromatic carbocycles. The van der Waals surface area contributed by atoms with Crippen LogP contribution in [0.5, 0.6) is 0 Å².